The van der Waals surface area contributed by atoms with Crippen LogP contribution in [0.4, 0.5) is 4.39 Å². The van der Waals surface area contributed by atoms with E-state index in [4.69, 9.17) is 10.8 Å². The van der Waals surface area contributed by atoms with E-state index in [1.54, 1.807) is 12.1 Å². The molecule has 3 nitrogen and oxygen atoms in total. The lowest BCUT2D eigenvalue weighted by atomic mass is 9.93. The monoisotopic (exact) mass is 195 g/mol. The Morgan fingerprint density at radius 3 is 2.93 bits per heavy atom. The summed E-state index contributed by atoms with van der Waals surface area (Å²) in [7, 11) is 0. The number of carboxylic acids is 1. The molecule has 1 unspecified atom stereocenters. The molecule has 2 rings (SSSR count). The van der Waals surface area contributed by atoms with Gasteiger partial charge in [0.25, 0.3) is 0 Å². The van der Waals surface area contributed by atoms with Gasteiger partial charge in [0.2, 0.25) is 0 Å². The highest BCUT2D eigenvalue weighted by Crippen LogP contribution is 2.36. The first-order chi connectivity index (χ1) is 6.55. The van der Waals surface area contributed by atoms with Crippen molar-refractivity contribution in [1.29, 1.82) is 0 Å². The molecule has 1 aromatic carbocycles. The number of benzene rings is 1. The smallest absolute Gasteiger partial charge is 0.328 e. The minimum absolute atomic E-state index is 0.146. The second kappa shape index (κ2) is 2.78. The summed E-state index contributed by atoms with van der Waals surface area (Å²) in [6.45, 7) is 0. The number of aryl methyl sites for hydroxylation is 1. The first kappa shape index (κ1) is 9.15. The molecule has 74 valence electrons. The summed E-state index contributed by atoms with van der Waals surface area (Å²) in [5.74, 6) is -1.69. The largest absolute Gasteiger partial charge is 0.480 e. The molecular formula is C10H10FNO2. The van der Waals surface area contributed by atoms with Crippen molar-refractivity contribution in [2.75, 3.05) is 0 Å². The highest BCUT2D eigenvalue weighted by Gasteiger charge is 2.43. The summed E-state index contributed by atoms with van der Waals surface area (Å²) < 4.78 is 13.4. The number of hydrogen-bond acceptors (Lipinski definition) is 2. The van der Waals surface area contributed by atoms with Gasteiger partial charge in [-0.05, 0) is 24.5 Å². The van der Waals surface area contributed by atoms with Crippen LogP contribution in [0.1, 0.15) is 17.5 Å². The van der Waals surface area contributed by atoms with E-state index < -0.39 is 17.3 Å². The highest BCUT2D eigenvalue weighted by molar-refractivity contribution is 5.82. The second-order valence-electron chi connectivity index (χ2n) is 3.55. The van der Waals surface area contributed by atoms with Gasteiger partial charge >= 0.3 is 5.97 Å². The van der Waals surface area contributed by atoms with Crippen molar-refractivity contribution in [3.8, 4) is 0 Å². The van der Waals surface area contributed by atoms with Gasteiger partial charge in [0.15, 0.2) is 0 Å². The van der Waals surface area contributed by atoms with E-state index >= 15 is 0 Å². The van der Waals surface area contributed by atoms with E-state index in [0.29, 0.717) is 12.0 Å². The van der Waals surface area contributed by atoms with Gasteiger partial charge in [0.05, 0.1) is 0 Å². The first-order valence-corrected chi connectivity index (χ1v) is 4.36. The Hall–Kier alpha value is -1.42. The molecule has 1 aromatic rings. The van der Waals surface area contributed by atoms with Gasteiger partial charge in [-0.2, -0.15) is 0 Å². The Morgan fingerprint density at radius 2 is 2.29 bits per heavy atom. The molecule has 1 aliphatic rings. The quantitative estimate of drug-likeness (QED) is 0.703. The van der Waals surface area contributed by atoms with Crippen LogP contribution in [0.3, 0.4) is 0 Å². The van der Waals surface area contributed by atoms with Crippen LogP contribution in [-0.4, -0.2) is 11.1 Å². The lowest BCUT2D eigenvalue weighted by Crippen LogP contribution is -2.43. The third kappa shape index (κ3) is 1.04. The summed E-state index contributed by atoms with van der Waals surface area (Å²) in [6, 6.07) is 4.53. The fourth-order valence-electron chi connectivity index (χ4n) is 1.95. The van der Waals surface area contributed by atoms with Gasteiger partial charge in [0, 0.05) is 5.56 Å². The Morgan fingerprint density at radius 1 is 1.57 bits per heavy atom. The molecule has 1 aliphatic carbocycles. The number of fused-ring (bicyclic) bond motifs is 1. The maximum absolute atomic E-state index is 13.4. The molecule has 0 heterocycles. The van der Waals surface area contributed by atoms with Crippen LogP contribution in [0.2, 0.25) is 0 Å². The van der Waals surface area contributed by atoms with Crippen molar-refractivity contribution >= 4 is 5.97 Å². The van der Waals surface area contributed by atoms with E-state index in [9.17, 15) is 9.18 Å². The van der Waals surface area contributed by atoms with Crippen LogP contribution in [-0.2, 0) is 16.8 Å². The van der Waals surface area contributed by atoms with Gasteiger partial charge < -0.3 is 10.8 Å². The van der Waals surface area contributed by atoms with Gasteiger partial charge in [0.1, 0.15) is 11.4 Å². The van der Waals surface area contributed by atoms with E-state index in [0.717, 1.165) is 0 Å². The third-order valence-electron chi connectivity index (χ3n) is 2.72. The van der Waals surface area contributed by atoms with Crippen LogP contribution in [0.5, 0.6) is 0 Å². The molecule has 0 bridgehead atoms. The van der Waals surface area contributed by atoms with Gasteiger partial charge in [-0.3, -0.25) is 0 Å². The molecule has 1 atom stereocenters. The van der Waals surface area contributed by atoms with Gasteiger partial charge in [-0.1, -0.05) is 12.1 Å². The molecule has 4 heteroatoms. The fourth-order valence-corrected chi connectivity index (χ4v) is 1.95. The van der Waals surface area contributed by atoms with Gasteiger partial charge in [-0.15, -0.1) is 0 Å². The third-order valence-corrected chi connectivity index (χ3v) is 2.72. The maximum Gasteiger partial charge on any atom is 0.328 e. The highest BCUT2D eigenvalue weighted by atomic mass is 19.1. The standard InChI is InChI=1S/C10H10FNO2/c11-7-3-1-2-6-4-5-10(12,8(6)7)9(13)14/h1-3H,4-5,12H2,(H,13,14). The number of aliphatic carboxylic acids is 1. The Kier molecular flexibility index (Phi) is 1.82. The lowest BCUT2D eigenvalue weighted by molar-refractivity contribution is -0.143. The Labute approximate surface area is 80.3 Å². The molecule has 0 aliphatic heterocycles. The Bertz CT molecular complexity index is 405. The summed E-state index contributed by atoms with van der Waals surface area (Å²) in [5.41, 5.74) is 4.98. The molecule has 0 amide bonds. The van der Waals surface area contributed by atoms with E-state index in [1.807, 2.05) is 0 Å². The number of rotatable bonds is 1. The average Bonchev–Trinajstić information content (AvgIpc) is 2.47. The number of halogens is 1. The average molecular weight is 195 g/mol. The predicted molar refractivity (Wildman–Crippen MR) is 48.2 cm³/mol. The number of carboxylic acid groups (broad SMARTS) is 1. The van der Waals surface area contributed by atoms with E-state index in [2.05, 4.69) is 0 Å². The molecule has 0 spiro atoms. The Balaban J connectivity index is 2.64. The minimum atomic E-state index is -1.54. The number of hydrogen-bond donors (Lipinski definition) is 2. The summed E-state index contributed by atoms with van der Waals surface area (Å²) in [5, 5.41) is 8.95. The molecule has 3 N–H and O–H groups in total. The normalized spacial score (nSPS) is 24.7. The first-order valence-electron chi connectivity index (χ1n) is 4.36. The summed E-state index contributed by atoms with van der Waals surface area (Å²) in [6.07, 6.45) is 0.786. The van der Waals surface area contributed by atoms with Crippen LogP contribution >= 0.6 is 0 Å². The van der Waals surface area contributed by atoms with E-state index in [-0.39, 0.29) is 12.0 Å². The zero-order valence-corrected chi connectivity index (χ0v) is 7.46. The predicted octanol–water partition coefficient (Wildman–Crippen LogP) is 1.01. The van der Waals surface area contributed by atoms with Crippen LogP contribution < -0.4 is 5.73 Å². The second-order valence-corrected chi connectivity index (χ2v) is 3.55. The molecule has 0 aromatic heterocycles. The molecular weight excluding hydrogens is 185 g/mol. The van der Waals surface area contributed by atoms with Crippen molar-refractivity contribution in [3.05, 3.63) is 35.1 Å². The van der Waals surface area contributed by atoms with Crippen molar-refractivity contribution in [2.24, 2.45) is 5.73 Å². The number of nitrogens with two attached hydrogens (primary N) is 1. The lowest BCUT2D eigenvalue weighted by Gasteiger charge is -2.19. The molecule has 14 heavy (non-hydrogen) atoms. The molecule has 0 fully saturated rings. The zero-order valence-electron chi connectivity index (χ0n) is 7.46. The number of carbonyl (C=O) groups is 1. The molecule has 0 saturated heterocycles. The minimum Gasteiger partial charge on any atom is -0.480 e. The zero-order chi connectivity index (χ0) is 10.3. The summed E-state index contributed by atoms with van der Waals surface area (Å²) in [4.78, 5) is 10.9. The van der Waals surface area contributed by atoms with Gasteiger partial charge in [-0.25, -0.2) is 9.18 Å². The molecule has 0 saturated carbocycles. The SMILES string of the molecule is NC1(C(=O)O)CCc2cccc(F)c21. The molecule has 0 radical (unpaired) electrons. The van der Waals surface area contributed by atoms with Crippen molar-refractivity contribution in [3.63, 3.8) is 0 Å². The van der Waals surface area contributed by atoms with Crippen molar-refractivity contribution < 1.29 is 14.3 Å². The fraction of sp³-hybridized carbons (Fsp3) is 0.300. The van der Waals surface area contributed by atoms with E-state index in [1.165, 1.54) is 6.07 Å². The summed E-state index contributed by atoms with van der Waals surface area (Å²) >= 11 is 0. The maximum atomic E-state index is 13.4. The topological polar surface area (TPSA) is 63.3 Å². The van der Waals surface area contributed by atoms with Crippen LogP contribution in [0.15, 0.2) is 18.2 Å². The van der Waals surface area contributed by atoms with Crippen molar-refractivity contribution in [1.82, 2.24) is 0 Å². The van der Waals surface area contributed by atoms with Crippen LogP contribution in [0.25, 0.3) is 0 Å². The van der Waals surface area contributed by atoms with Crippen LogP contribution in [0, 0.1) is 5.82 Å². The van der Waals surface area contributed by atoms with Crippen molar-refractivity contribution in [2.45, 2.75) is 18.4 Å².